The summed E-state index contributed by atoms with van der Waals surface area (Å²) in [6, 6.07) is 0. The summed E-state index contributed by atoms with van der Waals surface area (Å²) in [6.07, 6.45) is 2.50. The molecular weight excluding hydrogens is 238 g/mol. The predicted octanol–water partition coefficient (Wildman–Crippen LogP) is 3.47. The third-order valence-electron chi connectivity index (χ3n) is 3.96. The van der Waals surface area contributed by atoms with Crippen LogP contribution in [0.5, 0.6) is 0 Å². The van der Waals surface area contributed by atoms with E-state index in [1.807, 2.05) is 0 Å². The molecule has 0 spiro atoms. The smallest absolute Gasteiger partial charge is 0.0617 e. The summed E-state index contributed by atoms with van der Waals surface area (Å²) >= 11 is 0. The van der Waals surface area contributed by atoms with Gasteiger partial charge in [0.15, 0.2) is 0 Å². The Morgan fingerprint density at radius 3 is 1.89 bits per heavy atom. The lowest BCUT2D eigenvalue weighted by atomic mass is 9.78. The monoisotopic (exact) mass is 271 g/mol. The molecule has 1 heterocycles. The van der Waals surface area contributed by atoms with Gasteiger partial charge in [0.25, 0.3) is 0 Å². The second-order valence-electron chi connectivity index (χ2n) is 8.03. The quantitative estimate of drug-likeness (QED) is 0.781. The number of piperidine rings is 1. The molecule has 0 aromatic heterocycles. The lowest BCUT2D eigenvalue weighted by Gasteiger charge is -2.55. The van der Waals surface area contributed by atoms with Crippen molar-refractivity contribution in [1.82, 2.24) is 4.90 Å². The van der Waals surface area contributed by atoms with Crippen molar-refractivity contribution >= 4 is 0 Å². The van der Waals surface area contributed by atoms with Gasteiger partial charge in [-0.15, -0.1) is 0 Å². The fourth-order valence-corrected chi connectivity index (χ4v) is 3.60. The van der Waals surface area contributed by atoms with Crippen molar-refractivity contribution in [3.8, 4) is 0 Å². The standard InChI is InChI=1S/C16H33NO2/c1-14(2,3)19-13-11-15(4,5)17(9-10-18-8)16(6,7)12-13/h13H,9-12H2,1-8H3. The minimum atomic E-state index is -0.0640. The molecule has 1 aliphatic heterocycles. The maximum absolute atomic E-state index is 6.24. The highest BCUT2D eigenvalue weighted by molar-refractivity contribution is 5.00. The Balaban J connectivity index is 2.81. The van der Waals surface area contributed by atoms with Crippen molar-refractivity contribution < 1.29 is 9.47 Å². The molecule has 0 aromatic carbocycles. The SMILES string of the molecule is COCCN1C(C)(C)CC(OC(C)(C)C)CC1(C)C. The third-order valence-corrected chi connectivity index (χ3v) is 3.96. The normalized spacial score (nSPS) is 24.6. The number of nitrogens with zero attached hydrogens (tertiary/aromatic N) is 1. The van der Waals surface area contributed by atoms with Crippen LogP contribution in [0.15, 0.2) is 0 Å². The van der Waals surface area contributed by atoms with Gasteiger partial charge in [-0.3, -0.25) is 4.90 Å². The van der Waals surface area contributed by atoms with Crippen LogP contribution in [0.25, 0.3) is 0 Å². The molecule has 1 saturated heterocycles. The molecule has 1 fully saturated rings. The molecule has 0 aromatic rings. The minimum Gasteiger partial charge on any atom is -0.383 e. The summed E-state index contributed by atoms with van der Waals surface area (Å²) in [5.41, 5.74) is 0.234. The highest BCUT2D eigenvalue weighted by Gasteiger charge is 2.46. The molecule has 0 unspecified atom stereocenters. The van der Waals surface area contributed by atoms with E-state index < -0.39 is 0 Å². The molecule has 1 aliphatic rings. The summed E-state index contributed by atoms with van der Waals surface area (Å²) in [4.78, 5) is 2.58. The topological polar surface area (TPSA) is 21.7 Å². The average molecular weight is 271 g/mol. The number of likely N-dealkylation sites (tertiary alicyclic amines) is 1. The Hall–Kier alpha value is -0.120. The Morgan fingerprint density at radius 1 is 1.05 bits per heavy atom. The molecule has 19 heavy (non-hydrogen) atoms. The van der Waals surface area contributed by atoms with E-state index in [1.165, 1.54) is 0 Å². The second kappa shape index (κ2) is 5.71. The highest BCUT2D eigenvalue weighted by Crippen LogP contribution is 2.40. The largest absolute Gasteiger partial charge is 0.383 e. The van der Waals surface area contributed by atoms with Gasteiger partial charge in [0, 0.05) is 24.7 Å². The van der Waals surface area contributed by atoms with E-state index in [9.17, 15) is 0 Å². The van der Waals surface area contributed by atoms with E-state index >= 15 is 0 Å². The highest BCUT2D eigenvalue weighted by atomic mass is 16.5. The van der Waals surface area contributed by atoms with Crippen molar-refractivity contribution in [3.63, 3.8) is 0 Å². The van der Waals surface area contributed by atoms with Crippen LogP contribution in [0, 0.1) is 0 Å². The predicted molar refractivity (Wildman–Crippen MR) is 80.6 cm³/mol. The van der Waals surface area contributed by atoms with Crippen LogP contribution >= 0.6 is 0 Å². The third kappa shape index (κ3) is 4.73. The number of methoxy groups -OCH3 is 1. The van der Waals surface area contributed by atoms with Crippen LogP contribution in [0.2, 0.25) is 0 Å². The molecule has 114 valence electrons. The number of rotatable bonds is 4. The zero-order valence-electron chi connectivity index (χ0n) is 14.2. The molecule has 0 N–H and O–H groups in total. The van der Waals surface area contributed by atoms with Gasteiger partial charge < -0.3 is 9.47 Å². The number of ether oxygens (including phenoxy) is 2. The molecule has 0 atom stereocenters. The lowest BCUT2D eigenvalue weighted by molar-refractivity contribution is -0.146. The van der Waals surface area contributed by atoms with Gasteiger partial charge in [-0.25, -0.2) is 0 Å². The summed E-state index contributed by atoms with van der Waals surface area (Å²) in [5.74, 6) is 0. The fourth-order valence-electron chi connectivity index (χ4n) is 3.60. The van der Waals surface area contributed by atoms with E-state index in [4.69, 9.17) is 9.47 Å². The summed E-state index contributed by atoms with van der Waals surface area (Å²) in [7, 11) is 1.77. The Labute approximate surface area is 119 Å². The lowest BCUT2D eigenvalue weighted by Crippen LogP contribution is -2.63. The molecular formula is C16H33NO2. The second-order valence-corrected chi connectivity index (χ2v) is 8.03. The maximum atomic E-state index is 6.24. The van der Waals surface area contributed by atoms with Gasteiger partial charge in [-0.05, 0) is 61.3 Å². The van der Waals surface area contributed by atoms with Crippen molar-refractivity contribution in [2.75, 3.05) is 20.3 Å². The zero-order chi connectivity index (χ0) is 14.9. The Kier molecular flexibility index (Phi) is 5.09. The maximum Gasteiger partial charge on any atom is 0.0617 e. The van der Waals surface area contributed by atoms with Crippen LogP contribution < -0.4 is 0 Å². The van der Waals surface area contributed by atoms with Crippen LogP contribution in [-0.2, 0) is 9.47 Å². The molecule has 1 rings (SSSR count). The first-order chi connectivity index (χ1) is 8.48. The Bertz CT molecular complexity index is 274. The molecule has 3 heteroatoms. The molecule has 0 saturated carbocycles. The molecule has 0 amide bonds. The van der Waals surface area contributed by atoms with Gasteiger partial charge in [0.05, 0.1) is 18.3 Å². The first-order valence-electron chi connectivity index (χ1n) is 7.42. The van der Waals surface area contributed by atoms with Crippen molar-refractivity contribution in [1.29, 1.82) is 0 Å². The first-order valence-corrected chi connectivity index (χ1v) is 7.42. The van der Waals surface area contributed by atoms with E-state index in [1.54, 1.807) is 7.11 Å². The molecule has 0 radical (unpaired) electrons. The summed E-state index contributed by atoms with van der Waals surface area (Å²) in [5, 5.41) is 0. The molecule has 3 nitrogen and oxygen atoms in total. The first kappa shape index (κ1) is 16.9. The van der Waals surface area contributed by atoms with E-state index in [-0.39, 0.29) is 16.7 Å². The van der Waals surface area contributed by atoms with E-state index in [0.29, 0.717) is 6.10 Å². The van der Waals surface area contributed by atoms with E-state index in [2.05, 4.69) is 53.4 Å². The summed E-state index contributed by atoms with van der Waals surface area (Å²) in [6.45, 7) is 17.5. The number of hydrogen-bond donors (Lipinski definition) is 0. The van der Waals surface area contributed by atoms with Crippen molar-refractivity contribution in [3.05, 3.63) is 0 Å². The van der Waals surface area contributed by atoms with Crippen LogP contribution in [-0.4, -0.2) is 47.9 Å². The van der Waals surface area contributed by atoms with Gasteiger partial charge in [-0.2, -0.15) is 0 Å². The van der Waals surface area contributed by atoms with E-state index in [0.717, 1.165) is 26.0 Å². The van der Waals surface area contributed by atoms with Gasteiger partial charge in [-0.1, -0.05) is 0 Å². The molecule has 0 aliphatic carbocycles. The summed E-state index contributed by atoms with van der Waals surface area (Å²) < 4.78 is 11.5. The van der Waals surface area contributed by atoms with Crippen molar-refractivity contribution in [2.24, 2.45) is 0 Å². The van der Waals surface area contributed by atoms with Crippen LogP contribution in [0.4, 0.5) is 0 Å². The van der Waals surface area contributed by atoms with Gasteiger partial charge in [0.1, 0.15) is 0 Å². The van der Waals surface area contributed by atoms with Crippen LogP contribution in [0.1, 0.15) is 61.3 Å². The van der Waals surface area contributed by atoms with Crippen molar-refractivity contribution in [2.45, 2.75) is 84.1 Å². The minimum absolute atomic E-state index is 0.0640. The van der Waals surface area contributed by atoms with Gasteiger partial charge >= 0.3 is 0 Å². The number of hydrogen-bond acceptors (Lipinski definition) is 3. The van der Waals surface area contributed by atoms with Crippen LogP contribution in [0.3, 0.4) is 0 Å². The average Bonchev–Trinajstić information content (AvgIpc) is 2.10. The fraction of sp³-hybridized carbons (Fsp3) is 1.00. The zero-order valence-corrected chi connectivity index (χ0v) is 14.2. The molecule has 0 bridgehead atoms. The van der Waals surface area contributed by atoms with Gasteiger partial charge in [0.2, 0.25) is 0 Å². The Morgan fingerprint density at radius 2 is 1.53 bits per heavy atom.